The van der Waals surface area contributed by atoms with Crippen LogP contribution in [0.2, 0.25) is 0 Å². The number of rotatable bonds is 9. The number of anilines is 3. The Morgan fingerprint density at radius 1 is 1.00 bits per heavy atom. The molecule has 0 amide bonds. The van der Waals surface area contributed by atoms with E-state index in [2.05, 4.69) is 10.3 Å². The van der Waals surface area contributed by atoms with Crippen molar-refractivity contribution in [3.8, 4) is 17.2 Å². The van der Waals surface area contributed by atoms with Gasteiger partial charge >= 0.3 is 6.18 Å². The van der Waals surface area contributed by atoms with Gasteiger partial charge in [-0.3, -0.25) is 0 Å². The number of benzene rings is 3. The van der Waals surface area contributed by atoms with Crippen LogP contribution in [-0.2, 0) is 22.7 Å². The molecule has 1 heterocycles. The minimum absolute atomic E-state index is 0.0244. The van der Waals surface area contributed by atoms with Crippen molar-refractivity contribution in [1.82, 2.24) is 4.98 Å². The number of nitrogens with one attached hydrogen (secondary N) is 1. The Morgan fingerprint density at radius 2 is 1.71 bits per heavy atom. The molecule has 0 saturated carbocycles. The standard InChI is InChI=1S/C25H22F3N3O5S2/c1-35-18-6-3-16(4-7-18)15-31(24-29-11-12-37-24)38(33,34)19-8-10-20(22(32)14-19)30-21-9-5-17(25(26,27)28)13-23(21)36-2/h3-14,30,32H,15H2,1-2H3. The zero-order chi connectivity index (χ0) is 27.5. The van der Waals surface area contributed by atoms with Gasteiger partial charge < -0.3 is 19.9 Å². The highest BCUT2D eigenvalue weighted by molar-refractivity contribution is 7.93. The summed E-state index contributed by atoms with van der Waals surface area (Å²) in [6.07, 6.45) is -3.07. The number of nitrogens with zero attached hydrogens (tertiary/aromatic N) is 2. The molecule has 4 aromatic rings. The molecule has 0 atom stereocenters. The van der Waals surface area contributed by atoms with E-state index in [9.17, 15) is 26.7 Å². The number of thiazole rings is 1. The van der Waals surface area contributed by atoms with Crippen LogP contribution < -0.4 is 19.1 Å². The molecular formula is C25H22F3N3O5S2. The van der Waals surface area contributed by atoms with Crippen molar-refractivity contribution in [2.45, 2.75) is 17.6 Å². The van der Waals surface area contributed by atoms with Crippen LogP contribution in [0, 0.1) is 0 Å². The second-order valence-electron chi connectivity index (χ2n) is 7.89. The molecular weight excluding hydrogens is 543 g/mol. The number of aromatic hydroxyl groups is 1. The van der Waals surface area contributed by atoms with Gasteiger partial charge in [0.2, 0.25) is 0 Å². The minimum Gasteiger partial charge on any atom is -0.506 e. The molecule has 0 fully saturated rings. The summed E-state index contributed by atoms with van der Waals surface area (Å²) >= 11 is 1.14. The number of phenolic OH excluding ortho intramolecular Hbond substituents is 1. The number of hydrogen-bond donors (Lipinski definition) is 2. The summed E-state index contributed by atoms with van der Waals surface area (Å²) in [6, 6.07) is 13.4. The van der Waals surface area contributed by atoms with Crippen molar-refractivity contribution in [2.75, 3.05) is 23.8 Å². The molecule has 3 aromatic carbocycles. The predicted octanol–water partition coefficient (Wildman–Crippen LogP) is 6.02. The Kier molecular flexibility index (Phi) is 7.69. The van der Waals surface area contributed by atoms with Gasteiger partial charge in [-0.25, -0.2) is 17.7 Å². The zero-order valence-corrected chi connectivity index (χ0v) is 21.7. The molecule has 1 aromatic heterocycles. The van der Waals surface area contributed by atoms with Crippen molar-refractivity contribution >= 4 is 37.9 Å². The molecule has 38 heavy (non-hydrogen) atoms. The number of hydrogen-bond acceptors (Lipinski definition) is 8. The summed E-state index contributed by atoms with van der Waals surface area (Å²) in [5.74, 6) is 0.0806. The first-order valence-corrected chi connectivity index (χ1v) is 13.3. The van der Waals surface area contributed by atoms with E-state index in [4.69, 9.17) is 9.47 Å². The number of methoxy groups -OCH3 is 2. The quantitative estimate of drug-likeness (QED) is 0.239. The van der Waals surface area contributed by atoms with Gasteiger partial charge in [-0.05, 0) is 48.0 Å². The molecule has 2 N–H and O–H groups in total. The fraction of sp³-hybridized carbons (Fsp3) is 0.160. The third-order valence-electron chi connectivity index (χ3n) is 5.47. The highest BCUT2D eigenvalue weighted by Gasteiger charge is 2.32. The van der Waals surface area contributed by atoms with Crippen LogP contribution in [-0.4, -0.2) is 32.7 Å². The van der Waals surface area contributed by atoms with Gasteiger partial charge in [0, 0.05) is 17.6 Å². The molecule has 0 radical (unpaired) electrons. The van der Waals surface area contributed by atoms with Crippen molar-refractivity contribution < 1.29 is 36.2 Å². The smallest absolute Gasteiger partial charge is 0.416 e. The van der Waals surface area contributed by atoms with E-state index >= 15 is 0 Å². The van der Waals surface area contributed by atoms with Gasteiger partial charge in [0.25, 0.3) is 10.0 Å². The van der Waals surface area contributed by atoms with E-state index in [1.807, 2.05) is 0 Å². The maximum absolute atomic E-state index is 13.6. The summed E-state index contributed by atoms with van der Waals surface area (Å²) in [5, 5.41) is 15.3. The number of ether oxygens (including phenoxy) is 2. The maximum atomic E-state index is 13.6. The van der Waals surface area contributed by atoms with Crippen LogP contribution in [0.1, 0.15) is 11.1 Å². The molecule has 0 aliphatic carbocycles. The molecule has 0 saturated heterocycles. The molecule has 0 aliphatic rings. The topological polar surface area (TPSA) is 101 Å². The Morgan fingerprint density at radius 3 is 2.29 bits per heavy atom. The lowest BCUT2D eigenvalue weighted by atomic mass is 10.1. The van der Waals surface area contributed by atoms with Gasteiger partial charge in [0.1, 0.15) is 17.2 Å². The normalized spacial score (nSPS) is 11.7. The number of phenols is 1. The SMILES string of the molecule is COc1ccc(CN(c2nccs2)S(=O)(=O)c2ccc(Nc3ccc(C(F)(F)F)cc3OC)c(O)c2)cc1. The van der Waals surface area contributed by atoms with E-state index in [1.165, 1.54) is 32.5 Å². The Bertz CT molecular complexity index is 1510. The van der Waals surface area contributed by atoms with Gasteiger partial charge in [-0.15, -0.1) is 11.3 Å². The number of sulfonamides is 1. The molecule has 0 aliphatic heterocycles. The zero-order valence-electron chi connectivity index (χ0n) is 20.1. The number of alkyl halides is 3. The summed E-state index contributed by atoms with van der Waals surface area (Å²) in [5.41, 5.74) is -0.000490. The fourth-order valence-corrected chi connectivity index (χ4v) is 5.81. The average Bonchev–Trinajstić information content (AvgIpc) is 3.42. The molecule has 8 nitrogen and oxygen atoms in total. The van der Waals surface area contributed by atoms with E-state index in [1.54, 1.807) is 29.6 Å². The van der Waals surface area contributed by atoms with Crippen molar-refractivity contribution in [1.29, 1.82) is 0 Å². The lowest BCUT2D eigenvalue weighted by Gasteiger charge is -2.22. The van der Waals surface area contributed by atoms with Crippen LogP contribution >= 0.6 is 11.3 Å². The molecule has 0 bridgehead atoms. The minimum atomic E-state index is -4.56. The van der Waals surface area contributed by atoms with Crippen molar-refractivity contribution in [3.63, 3.8) is 0 Å². The molecule has 13 heteroatoms. The summed E-state index contributed by atoms with van der Waals surface area (Å²) < 4.78 is 77.7. The van der Waals surface area contributed by atoms with Crippen molar-refractivity contribution in [3.05, 3.63) is 83.4 Å². The molecule has 0 spiro atoms. The fourth-order valence-electron chi connectivity index (χ4n) is 3.51. The maximum Gasteiger partial charge on any atom is 0.416 e. The highest BCUT2D eigenvalue weighted by Crippen LogP contribution is 2.38. The van der Waals surface area contributed by atoms with Crippen LogP contribution in [0.4, 0.5) is 29.7 Å². The number of halogens is 3. The number of aromatic nitrogens is 1. The predicted molar refractivity (Wildman–Crippen MR) is 138 cm³/mol. The first-order chi connectivity index (χ1) is 18.0. The second kappa shape index (κ2) is 10.8. The van der Waals surface area contributed by atoms with E-state index < -0.39 is 27.5 Å². The van der Waals surface area contributed by atoms with Crippen molar-refractivity contribution in [2.24, 2.45) is 0 Å². The van der Waals surface area contributed by atoms with Gasteiger partial charge in [0.05, 0.1) is 42.6 Å². The Balaban J connectivity index is 1.64. The highest BCUT2D eigenvalue weighted by atomic mass is 32.2. The summed E-state index contributed by atoms with van der Waals surface area (Å²) in [4.78, 5) is 3.94. The Hall–Kier alpha value is -3.97. The van der Waals surface area contributed by atoms with E-state index in [0.29, 0.717) is 11.3 Å². The molecule has 4 rings (SSSR count). The third-order valence-corrected chi connectivity index (χ3v) is 8.12. The molecule has 200 valence electrons. The van der Waals surface area contributed by atoms with Gasteiger partial charge in [-0.1, -0.05) is 12.1 Å². The lowest BCUT2D eigenvalue weighted by molar-refractivity contribution is -0.137. The average molecular weight is 566 g/mol. The van der Waals surface area contributed by atoms with Crippen LogP contribution in [0.15, 0.2) is 77.1 Å². The van der Waals surface area contributed by atoms with Crippen LogP contribution in [0.3, 0.4) is 0 Å². The first kappa shape index (κ1) is 27.1. The monoisotopic (exact) mass is 565 g/mol. The lowest BCUT2D eigenvalue weighted by Crippen LogP contribution is -2.30. The van der Waals surface area contributed by atoms with E-state index in [-0.39, 0.29) is 33.7 Å². The third kappa shape index (κ3) is 5.78. The molecule has 0 unspecified atom stereocenters. The van der Waals surface area contributed by atoms with Gasteiger partial charge in [-0.2, -0.15) is 13.2 Å². The largest absolute Gasteiger partial charge is 0.506 e. The van der Waals surface area contributed by atoms with Crippen LogP contribution in [0.25, 0.3) is 0 Å². The Labute approximate surface area is 221 Å². The second-order valence-corrected chi connectivity index (χ2v) is 10.6. The van der Waals surface area contributed by atoms with Gasteiger partial charge in [0.15, 0.2) is 5.13 Å². The van der Waals surface area contributed by atoms with Crippen LogP contribution in [0.5, 0.6) is 17.2 Å². The first-order valence-electron chi connectivity index (χ1n) is 10.9. The summed E-state index contributed by atoms with van der Waals surface area (Å²) in [7, 11) is -1.43. The summed E-state index contributed by atoms with van der Waals surface area (Å²) in [6.45, 7) is -0.0244. The van der Waals surface area contributed by atoms with E-state index in [0.717, 1.165) is 39.9 Å².